The molecule has 1 rings (SSSR count). The highest BCUT2D eigenvalue weighted by Crippen LogP contribution is 2.37. The summed E-state index contributed by atoms with van der Waals surface area (Å²) >= 11 is 0. The van der Waals surface area contributed by atoms with Crippen molar-refractivity contribution in [1.82, 2.24) is 10.0 Å². The fourth-order valence-corrected chi connectivity index (χ4v) is 3.85. The van der Waals surface area contributed by atoms with Crippen molar-refractivity contribution >= 4 is 15.9 Å². The number of nitrogens with one attached hydrogen (secondary N) is 2. The Kier molecular flexibility index (Phi) is 5.24. The van der Waals surface area contributed by atoms with Crippen molar-refractivity contribution in [2.45, 2.75) is 71.1 Å². The Bertz CT molecular complexity index is 440. The van der Waals surface area contributed by atoms with Gasteiger partial charge in [0.2, 0.25) is 15.9 Å². The Morgan fingerprint density at radius 3 is 2.15 bits per heavy atom. The molecule has 1 aliphatic carbocycles. The third-order valence-electron chi connectivity index (χ3n) is 3.67. The quantitative estimate of drug-likeness (QED) is 0.831. The van der Waals surface area contributed by atoms with E-state index in [1.54, 1.807) is 0 Å². The molecule has 0 heterocycles. The summed E-state index contributed by atoms with van der Waals surface area (Å²) in [7, 11) is -3.40. The summed E-state index contributed by atoms with van der Waals surface area (Å²) in [5.74, 6) is -0.294. The van der Waals surface area contributed by atoms with E-state index in [2.05, 4.69) is 23.9 Å². The molecule has 0 aromatic rings. The molecule has 0 atom stereocenters. The third-order valence-corrected chi connectivity index (χ3v) is 5.57. The predicted octanol–water partition coefficient (Wildman–Crippen LogP) is 1.79. The fraction of sp³-hybridized carbons (Fsp3) is 0.929. The van der Waals surface area contributed by atoms with E-state index in [4.69, 9.17) is 0 Å². The Labute approximate surface area is 122 Å². The van der Waals surface area contributed by atoms with E-state index in [-0.39, 0.29) is 28.7 Å². The van der Waals surface area contributed by atoms with Crippen LogP contribution in [0.5, 0.6) is 0 Å². The largest absolute Gasteiger partial charge is 0.350 e. The highest BCUT2D eigenvalue weighted by atomic mass is 32.2. The summed E-state index contributed by atoms with van der Waals surface area (Å²) in [4.78, 5) is 11.7. The molecular formula is C14H28N2O3S. The van der Waals surface area contributed by atoms with E-state index in [0.717, 1.165) is 12.8 Å². The van der Waals surface area contributed by atoms with E-state index in [9.17, 15) is 13.2 Å². The Morgan fingerprint density at radius 2 is 1.70 bits per heavy atom. The van der Waals surface area contributed by atoms with Gasteiger partial charge in [0, 0.05) is 5.54 Å². The number of sulfonamides is 1. The number of rotatable bonds is 4. The Balaban J connectivity index is 2.49. The molecule has 0 aromatic heterocycles. The number of carbonyl (C=O) groups is 1. The Morgan fingerprint density at radius 1 is 1.20 bits per heavy atom. The minimum atomic E-state index is -3.40. The van der Waals surface area contributed by atoms with Gasteiger partial charge in [-0.15, -0.1) is 0 Å². The predicted molar refractivity (Wildman–Crippen MR) is 80.9 cm³/mol. The van der Waals surface area contributed by atoms with Gasteiger partial charge >= 0.3 is 0 Å². The number of amides is 1. The van der Waals surface area contributed by atoms with Crippen LogP contribution in [0.25, 0.3) is 0 Å². The van der Waals surface area contributed by atoms with Gasteiger partial charge in [-0.25, -0.2) is 13.1 Å². The van der Waals surface area contributed by atoms with Crippen LogP contribution in [-0.4, -0.2) is 31.7 Å². The van der Waals surface area contributed by atoms with Crippen LogP contribution < -0.4 is 10.0 Å². The van der Waals surface area contributed by atoms with E-state index in [0.29, 0.717) is 12.8 Å². The second-order valence-corrected chi connectivity index (χ2v) is 9.57. The summed E-state index contributed by atoms with van der Waals surface area (Å²) in [6.45, 7) is 9.74. The first-order chi connectivity index (χ1) is 8.91. The van der Waals surface area contributed by atoms with Crippen LogP contribution in [0, 0.1) is 5.41 Å². The van der Waals surface area contributed by atoms with Crippen LogP contribution in [0.1, 0.15) is 60.3 Å². The molecule has 0 bridgehead atoms. The molecule has 2 N–H and O–H groups in total. The summed E-state index contributed by atoms with van der Waals surface area (Å²) in [6.07, 6.45) is 3.16. The zero-order valence-corrected chi connectivity index (χ0v) is 14.1. The highest BCUT2D eigenvalue weighted by Gasteiger charge is 2.34. The number of hydrogen-bond acceptors (Lipinski definition) is 3. The van der Waals surface area contributed by atoms with Crippen molar-refractivity contribution in [3.05, 3.63) is 0 Å². The molecular weight excluding hydrogens is 276 g/mol. The molecule has 1 aliphatic rings. The number of hydrogen-bond donors (Lipinski definition) is 2. The lowest BCUT2D eigenvalue weighted by molar-refractivity contribution is -0.121. The van der Waals surface area contributed by atoms with E-state index >= 15 is 0 Å². The SMILES string of the molecule is CC1(C)CCC(S(=O)(=O)NCC(=O)NC(C)(C)C)CC1. The first kappa shape index (κ1) is 17.4. The van der Waals surface area contributed by atoms with Gasteiger partial charge in [-0.3, -0.25) is 4.79 Å². The molecule has 0 aromatic carbocycles. The van der Waals surface area contributed by atoms with Crippen LogP contribution in [0.15, 0.2) is 0 Å². The second-order valence-electron chi connectivity index (χ2n) is 7.53. The Hall–Kier alpha value is -0.620. The highest BCUT2D eigenvalue weighted by molar-refractivity contribution is 7.90. The van der Waals surface area contributed by atoms with Gasteiger partial charge in [0.15, 0.2) is 0 Å². The summed E-state index contributed by atoms with van der Waals surface area (Å²) in [5.41, 5.74) is -0.118. The zero-order chi connectivity index (χ0) is 15.6. The monoisotopic (exact) mass is 304 g/mol. The lowest BCUT2D eigenvalue weighted by Crippen LogP contribution is -2.47. The summed E-state index contributed by atoms with van der Waals surface area (Å²) in [6, 6.07) is 0. The van der Waals surface area contributed by atoms with Crippen LogP contribution in [0.3, 0.4) is 0 Å². The molecule has 6 heteroatoms. The van der Waals surface area contributed by atoms with Crippen molar-refractivity contribution < 1.29 is 13.2 Å². The maximum absolute atomic E-state index is 12.2. The molecule has 1 fully saturated rings. The van der Waals surface area contributed by atoms with Crippen LogP contribution >= 0.6 is 0 Å². The maximum atomic E-state index is 12.2. The topological polar surface area (TPSA) is 75.3 Å². The van der Waals surface area contributed by atoms with Crippen LogP contribution in [0.2, 0.25) is 0 Å². The van der Waals surface area contributed by atoms with Crippen LogP contribution in [-0.2, 0) is 14.8 Å². The van der Waals surface area contributed by atoms with E-state index in [1.807, 2.05) is 20.8 Å². The first-order valence-corrected chi connectivity index (χ1v) is 8.75. The molecule has 118 valence electrons. The molecule has 0 spiro atoms. The average Bonchev–Trinajstić information content (AvgIpc) is 2.23. The van der Waals surface area contributed by atoms with Crippen molar-refractivity contribution in [3.63, 3.8) is 0 Å². The van der Waals surface area contributed by atoms with Gasteiger partial charge in [-0.05, 0) is 51.9 Å². The summed E-state index contributed by atoms with van der Waals surface area (Å²) < 4.78 is 26.8. The fourth-order valence-electron chi connectivity index (χ4n) is 2.43. The van der Waals surface area contributed by atoms with E-state index in [1.165, 1.54) is 0 Å². The molecule has 0 unspecified atom stereocenters. The van der Waals surface area contributed by atoms with Crippen molar-refractivity contribution in [2.24, 2.45) is 5.41 Å². The van der Waals surface area contributed by atoms with Gasteiger partial charge in [0.05, 0.1) is 11.8 Å². The maximum Gasteiger partial charge on any atom is 0.235 e. The molecule has 1 amide bonds. The zero-order valence-electron chi connectivity index (χ0n) is 13.2. The minimum absolute atomic E-state index is 0.181. The molecule has 1 saturated carbocycles. The van der Waals surface area contributed by atoms with Gasteiger partial charge < -0.3 is 5.32 Å². The molecule has 5 nitrogen and oxygen atoms in total. The lowest BCUT2D eigenvalue weighted by Gasteiger charge is -2.33. The van der Waals surface area contributed by atoms with Gasteiger partial charge in [-0.1, -0.05) is 13.8 Å². The first-order valence-electron chi connectivity index (χ1n) is 7.21. The lowest BCUT2D eigenvalue weighted by atomic mass is 9.77. The molecule has 0 aliphatic heterocycles. The molecule has 20 heavy (non-hydrogen) atoms. The normalized spacial score (nSPS) is 20.6. The van der Waals surface area contributed by atoms with Crippen molar-refractivity contribution in [1.29, 1.82) is 0 Å². The standard InChI is InChI=1S/C14H28N2O3S/c1-13(2,3)16-12(17)10-15-20(18,19)11-6-8-14(4,5)9-7-11/h11,15H,6-10H2,1-5H3,(H,16,17). The molecule has 0 saturated heterocycles. The van der Waals surface area contributed by atoms with Crippen molar-refractivity contribution in [2.75, 3.05) is 6.54 Å². The third kappa shape index (κ3) is 5.79. The molecule has 0 radical (unpaired) electrons. The van der Waals surface area contributed by atoms with Crippen molar-refractivity contribution in [3.8, 4) is 0 Å². The van der Waals surface area contributed by atoms with E-state index < -0.39 is 10.0 Å². The van der Waals surface area contributed by atoms with Gasteiger partial charge in [0.1, 0.15) is 0 Å². The second kappa shape index (κ2) is 6.02. The average molecular weight is 304 g/mol. The summed E-state index contributed by atoms with van der Waals surface area (Å²) in [5, 5.41) is 2.38. The van der Waals surface area contributed by atoms with Gasteiger partial charge in [-0.2, -0.15) is 0 Å². The minimum Gasteiger partial charge on any atom is -0.350 e. The van der Waals surface area contributed by atoms with Gasteiger partial charge in [0.25, 0.3) is 0 Å². The number of carbonyl (C=O) groups excluding carboxylic acids is 1. The van der Waals surface area contributed by atoms with Crippen LogP contribution in [0.4, 0.5) is 0 Å². The smallest absolute Gasteiger partial charge is 0.235 e.